The summed E-state index contributed by atoms with van der Waals surface area (Å²) in [7, 11) is 0. The molecular formula is C19H22N4O2. The monoisotopic (exact) mass is 338 g/mol. The second-order valence-corrected chi connectivity index (χ2v) is 6.93. The van der Waals surface area contributed by atoms with Gasteiger partial charge in [-0.2, -0.15) is 5.10 Å². The minimum atomic E-state index is -0.288. The van der Waals surface area contributed by atoms with Crippen LogP contribution in [0.15, 0.2) is 30.3 Å². The Bertz CT molecular complexity index is 792. The average molecular weight is 338 g/mol. The summed E-state index contributed by atoms with van der Waals surface area (Å²) in [5.74, 6) is 0.959. The van der Waals surface area contributed by atoms with E-state index < -0.39 is 0 Å². The first-order valence-corrected chi connectivity index (χ1v) is 8.88. The van der Waals surface area contributed by atoms with Gasteiger partial charge in [-0.15, -0.1) is 0 Å². The average Bonchev–Trinajstić information content (AvgIpc) is 3.22. The van der Waals surface area contributed by atoms with Crippen molar-refractivity contribution in [3.05, 3.63) is 41.6 Å². The van der Waals surface area contributed by atoms with E-state index in [-0.39, 0.29) is 17.7 Å². The standard InChI is InChI=1S/C19H22N4O2/c1-12(19(25)20-17-11-16(21-22-17)14-4-5-14)13-6-8-15(9-7-13)23-10-2-3-18(23)24/h6-9,11-12,14H,2-5,10H2,1H3,(H2,20,21,22,25)/t12-/m1/s1. The molecule has 6 nitrogen and oxygen atoms in total. The van der Waals surface area contributed by atoms with Gasteiger partial charge in [-0.3, -0.25) is 14.7 Å². The molecule has 2 heterocycles. The van der Waals surface area contributed by atoms with E-state index >= 15 is 0 Å². The van der Waals surface area contributed by atoms with E-state index in [1.807, 2.05) is 37.3 Å². The predicted molar refractivity (Wildman–Crippen MR) is 95.6 cm³/mol. The molecule has 25 heavy (non-hydrogen) atoms. The fraction of sp³-hybridized carbons (Fsp3) is 0.421. The van der Waals surface area contributed by atoms with Gasteiger partial charge in [0.25, 0.3) is 0 Å². The molecule has 1 aromatic carbocycles. The number of nitrogens with zero attached hydrogens (tertiary/aromatic N) is 2. The van der Waals surface area contributed by atoms with Crippen LogP contribution in [0.4, 0.5) is 11.5 Å². The Hall–Kier alpha value is -2.63. The lowest BCUT2D eigenvalue weighted by molar-refractivity contribution is -0.118. The molecule has 1 atom stereocenters. The molecule has 4 rings (SSSR count). The molecule has 1 saturated carbocycles. The quantitative estimate of drug-likeness (QED) is 0.879. The Kier molecular flexibility index (Phi) is 4.03. The van der Waals surface area contributed by atoms with E-state index in [1.54, 1.807) is 4.90 Å². The molecule has 6 heteroatoms. The molecule has 0 bridgehead atoms. The van der Waals surface area contributed by atoms with Crippen LogP contribution in [-0.2, 0) is 9.59 Å². The van der Waals surface area contributed by atoms with Crippen molar-refractivity contribution in [2.45, 2.75) is 44.4 Å². The van der Waals surface area contributed by atoms with E-state index in [4.69, 9.17) is 0 Å². The predicted octanol–water partition coefficient (Wildman–Crippen LogP) is 3.16. The zero-order chi connectivity index (χ0) is 17.4. The highest BCUT2D eigenvalue weighted by atomic mass is 16.2. The van der Waals surface area contributed by atoms with Gasteiger partial charge in [-0.25, -0.2) is 0 Å². The lowest BCUT2D eigenvalue weighted by atomic mass is 10.00. The van der Waals surface area contributed by atoms with Crippen LogP contribution in [0.3, 0.4) is 0 Å². The fourth-order valence-corrected chi connectivity index (χ4v) is 3.25. The molecule has 2 N–H and O–H groups in total. The number of amides is 2. The molecule has 1 aromatic heterocycles. The van der Waals surface area contributed by atoms with E-state index in [9.17, 15) is 9.59 Å². The zero-order valence-electron chi connectivity index (χ0n) is 14.3. The van der Waals surface area contributed by atoms with Gasteiger partial charge >= 0.3 is 0 Å². The minimum absolute atomic E-state index is 0.0844. The van der Waals surface area contributed by atoms with Crippen LogP contribution in [0.1, 0.15) is 55.7 Å². The molecule has 1 aliphatic heterocycles. The van der Waals surface area contributed by atoms with Crippen LogP contribution < -0.4 is 10.2 Å². The molecule has 130 valence electrons. The maximum Gasteiger partial charge on any atom is 0.232 e. The van der Waals surface area contributed by atoms with Gasteiger partial charge < -0.3 is 10.2 Å². The first-order valence-electron chi connectivity index (χ1n) is 8.88. The van der Waals surface area contributed by atoms with Crippen LogP contribution in [0.25, 0.3) is 0 Å². The van der Waals surface area contributed by atoms with Crippen molar-refractivity contribution in [2.24, 2.45) is 0 Å². The van der Waals surface area contributed by atoms with Gasteiger partial charge in [0.2, 0.25) is 11.8 Å². The van der Waals surface area contributed by atoms with Gasteiger partial charge in [0.05, 0.1) is 5.92 Å². The van der Waals surface area contributed by atoms with Crippen LogP contribution in [0.5, 0.6) is 0 Å². The summed E-state index contributed by atoms with van der Waals surface area (Å²) in [6.45, 7) is 2.65. The normalized spacial score (nSPS) is 18.4. The number of anilines is 2. The molecular weight excluding hydrogens is 316 g/mol. The van der Waals surface area contributed by atoms with Crippen molar-refractivity contribution in [2.75, 3.05) is 16.8 Å². The second-order valence-electron chi connectivity index (χ2n) is 6.93. The first kappa shape index (κ1) is 15.9. The topological polar surface area (TPSA) is 78.1 Å². The molecule has 2 fully saturated rings. The SMILES string of the molecule is C[C@@H](C(=O)Nc1cc(C2CC2)[nH]n1)c1ccc(N2CCCC2=O)cc1. The molecule has 1 saturated heterocycles. The van der Waals surface area contributed by atoms with Crippen LogP contribution >= 0.6 is 0 Å². The van der Waals surface area contributed by atoms with Gasteiger partial charge in [-0.1, -0.05) is 12.1 Å². The maximum absolute atomic E-state index is 12.5. The van der Waals surface area contributed by atoms with Crippen LogP contribution in [0.2, 0.25) is 0 Å². The van der Waals surface area contributed by atoms with Gasteiger partial charge in [0.15, 0.2) is 5.82 Å². The summed E-state index contributed by atoms with van der Waals surface area (Å²) in [6, 6.07) is 9.60. The summed E-state index contributed by atoms with van der Waals surface area (Å²) in [5, 5.41) is 10.0. The highest BCUT2D eigenvalue weighted by Gasteiger charge is 2.26. The lowest BCUT2D eigenvalue weighted by Gasteiger charge is -2.17. The summed E-state index contributed by atoms with van der Waals surface area (Å²) >= 11 is 0. The Labute approximate surface area is 146 Å². The number of carbonyl (C=O) groups is 2. The molecule has 2 aromatic rings. The Morgan fingerprint density at radius 2 is 2.08 bits per heavy atom. The van der Waals surface area contributed by atoms with Gasteiger partial charge in [-0.05, 0) is 43.9 Å². The highest BCUT2D eigenvalue weighted by molar-refractivity contribution is 5.96. The molecule has 0 unspecified atom stereocenters. The number of hydrogen-bond acceptors (Lipinski definition) is 3. The number of rotatable bonds is 5. The third-order valence-corrected chi connectivity index (χ3v) is 5.04. The molecule has 2 aliphatic rings. The van der Waals surface area contributed by atoms with Gasteiger partial charge in [0, 0.05) is 36.3 Å². The van der Waals surface area contributed by atoms with Crippen LogP contribution in [-0.4, -0.2) is 28.6 Å². The lowest BCUT2D eigenvalue weighted by Crippen LogP contribution is -2.23. The molecule has 0 spiro atoms. The number of carbonyl (C=O) groups excluding carboxylic acids is 2. The Morgan fingerprint density at radius 1 is 1.32 bits per heavy atom. The third-order valence-electron chi connectivity index (χ3n) is 5.04. The third kappa shape index (κ3) is 3.29. The van der Waals surface area contributed by atoms with Crippen molar-refractivity contribution >= 4 is 23.3 Å². The van der Waals surface area contributed by atoms with Crippen molar-refractivity contribution in [1.29, 1.82) is 0 Å². The summed E-state index contributed by atoms with van der Waals surface area (Å²) < 4.78 is 0. The number of hydrogen-bond donors (Lipinski definition) is 2. The van der Waals surface area contributed by atoms with Crippen LogP contribution in [0, 0.1) is 0 Å². The number of aromatic nitrogens is 2. The van der Waals surface area contributed by atoms with E-state index in [0.717, 1.165) is 29.9 Å². The maximum atomic E-state index is 12.5. The van der Waals surface area contributed by atoms with Gasteiger partial charge in [0.1, 0.15) is 0 Å². The van der Waals surface area contributed by atoms with E-state index in [0.29, 0.717) is 18.2 Å². The molecule has 1 aliphatic carbocycles. The number of aromatic amines is 1. The number of H-pyrrole nitrogens is 1. The summed E-state index contributed by atoms with van der Waals surface area (Å²) in [6.07, 6.45) is 3.91. The number of nitrogens with one attached hydrogen (secondary N) is 2. The molecule has 0 radical (unpaired) electrons. The minimum Gasteiger partial charge on any atom is -0.312 e. The van der Waals surface area contributed by atoms with Crippen molar-refractivity contribution in [3.63, 3.8) is 0 Å². The van der Waals surface area contributed by atoms with E-state index in [1.165, 1.54) is 12.8 Å². The summed E-state index contributed by atoms with van der Waals surface area (Å²) in [5.41, 5.74) is 2.92. The fourth-order valence-electron chi connectivity index (χ4n) is 3.25. The van der Waals surface area contributed by atoms with Crippen molar-refractivity contribution < 1.29 is 9.59 Å². The van der Waals surface area contributed by atoms with E-state index in [2.05, 4.69) is 15.5 Å². The van der Waals surface area contributed by atoms with Crippen molar-refractivity contribution in [3.8, 4) is 0 Å². The first-order chi connectivity index (χ1) is 12.1. The highest BCUT2D eigenvalue weighted by Crippen LogP contribution is 2.39. The number of benzene rings is 1. The largest absolute Gasteiger partial charge is 0.312 e. The smallest absolute Gasteiger partial charge is 0.232 e. The summed E-state index contributed by atoms with van der Waals surface area (Å²) in [4.78, 5) is 26.1. The van der Waals surface area contributed by atoms with Crippen molar-refractivity contribution in [1.82, 2.24) is 10.2 Å². The second kappa shape index (κ2) is 6.35. The zero-order valence-corrected chi connectivity index (χ0v) is 14.3. The molecule has 2 amide bonds. The Balaban J connectivity index is 1.41. The Morgan fingerprint density at radius 3 is 2.72 bits per heavy atom.